The molecule has 4 nitrogen and oxygen atoms in total. The quantitative estimate of drug-likeness (QED) is 0.505. The van der Waals surface area contributed by atoms with Crippen molar-refractivity contribution in [3.63, 3.8) is 0 Å². The van der Waals surface area contributed by atoms with E-state index >= 15 is 0 Å². The minimum atomic E-state index is 0.487. The van der Waals surface area contributed by atoms with Crippen molar-refractivity contribution < 1.29 is 0 Å². The number of aromatic nitrogens is 1. The molecule has 5 heteroatoms. The van der Waals surface area contributed by atoms with Crippen LogP contribution in [0.1, 0.15) is 0 Å². The second-order valence-electron chi connectivity index (χ2n) is 4.68. The maximum Gasteiger partial charge on any atom is 0.135 e. The van der Waals surface area contributed by atoms with Crippen LogP contribution in [-0.4, -0.2) is 43.4 Å². The molecular formula is C16H19ClN4. The van der Waals surface area contributed by atoms with Gasteiger partial charge in [-0.15, -0.1) is 0 Å². The summed E-state index contributed by atoms with van der Waals surface area (Å²) in [7, 11) is 3.74. The molecule has 0 bridgehead atoms. The molecule has 2 rings (SSSR count). The maximum atomic E-state index is 6.01. The third-order valence-corrected chi connectivity index (χ3v) is 3.23. The van der Waals surface area contributed by atoms with Gasteiger partial charge in [-0.2, -0.15) is 0 Å². The highest BCUT2D eigenvalue weighted by atomic mass is 35.5. The van der Waals surface area contributed by atoms with E-state index in [-0.39, 0.29) is 0 Å². The summed E-state index contributed by atoms with van der Waals surface area (Å²) in [5.41, 5.74) is 2.17. The van der Waals surface area contributed by atoms with Crippen molar-refractivity contribution in [1.29, 1.82) is 0 Å². The summed E-state index contributed by atoms with van der Waals surface area (Å²) >= 11 is 6.01. The number of benzene rings is 1. The molecule has 0 fully saturated rings. The number of halogens is 1. The first-order valence-corrected chi connectivity index (χ1v) is 7.17. The number of likely N-dealkylation sites (N-methyl/N-ethyl adjacent to an activating group) is 1. The third-order valence-electron chi connectivity index (χ3n) is 3.02. The molecule has 0 atom stereocenters. The highest BCUT2D eigenvalue weighted by molar-refractivity contribution is 6.29. The fraction of sp³-hybridized carbons (Fsp3) is 0.250. The molecule has 21 heavy (non-hydrogen) atoms. The molecule has 0 saturated heterocycles. The number of pyridine rings is 1. The highest BCUT2D eigenvalue weighted by Gasteiger charge is 2.07. The van der Waals surface area contributed by atoms with E-state index in [4.69, 9.17) is 11.6 Å². The van der Waals surface area contributed by atoms with E-state index in [1.807, 2.05) is 42.3 Å². The Morgan fingerprint density at radius 3 is 2.71 bits per heavy atom. The van der Waals surface area contributed by atoms with Crippen LogP contribution in [0.5, 0.6) is 0 Å². The van der Waals surface area contributed by atoms with E-state index in [9.17, 15) is 0 Å². The van der Waals surface area contributed by atoms with Crippen LogP contribution in [0, 0.1) is 0 Å². The molecule has 0 amide bonds. The van der Waals surface area contributed by atoms with Gasteiger partial charge in [-0.3, -0.25) is 4.99 Å². The topological polar surface area (TPSA) is 40.5 Å². The van der Waals surface area contributed by atoms with Crippen LogP contribution in [0.3, 0.4) is 0 Å². The molecule has 0 spiro atoms. The van der Waals surface area contributed by atoms with Gasteiger partial charge in [0.2, 0.25) is 0 Å². The summed E-state index contributed by atoms with van der Waals surface area (Å²) in [6, 6.07) is 13.9. The first-order chi connectivity index (χ1) is 10.2. The van der Waals surface area contributed by atoms with Crippen molar-refractivity contribution in [3.8, 4) is 11.1 Å². The molecule has 1 aromatic heterocycles. The Labute approximate surface area is 130 Å². The van der Waals surface area contributed by atoms with Gasteiger partial charge in [0, 0.05) is 32.7 Å². The van der Waals surface area contributed by atoms with E-state index < -0.39 is 0 Å². The lowest BCUT2D eigenvalue weighted by Crippen LogP contribution is -2.24. The molecule has 0 radical (unpaired) electrons. The van der Waals surface area contributed by atoms with Crippen molar-refractivity contribution >= 4 is 23.8 Å². The van der Waals surface area contributed by atoms with E-state index in [0.717, 1.165) is 30.0 Å². The van der Waals surface area contributed by atoms with Gasteiger partial charge in [0.05, 0.1) is 6.34 Å². The number of hydrogen-bond donors (Lipinski definition) is 1. The molecule has 0 saturated carbocycles. The molecule has 110 valence electrons. The zero-order valence-electron chi connectivity index (χ0n) is 12.3. The van der Waals surface area contributed by atoms with Gasteiger partial charge in [0.15, 0.2) is 0 Å². The second-order valence-corrected chi connectivity index (χ2v) is 5.06. The molecule has 0 aliphatic heterocycles. The van der Waals surface area contributed by atoms with Crippen LogP contribution < -0.4 is 5.32 Å². The molecule has 1 heterocycles. The van der Waals surface area contributed by atoms with Crippen molar-refractivity contribution in [2.45, 2.75) is 0 Å². The van der Waals surface area contributed by atoms with Gasteiger partial charge < -0.3 is 10.2 Å². The molecule has 1 aromatic carbocycles. The SMILES string of the molecule is CN=CN(C)CCNc1nc(Cl)ccc1-c1ccccc1. The summed E-state index contributed by atoms with van der Waals surface area (Å²) in [6.07, 6.45) is 1.80. The number of nitrogens with one attached hydrogen (secondary N) is 1. The summed E-state index contributed by atoms with van der Waals surface area (Å²) in [5, 5.41) is 3.83. The Morgan fingerprint density at radius 1 is 1.24 bits per heavy atom. The van der Waals surface area contributed by atoms with Crippen molar-refractivity contribution in [2.24, 2.45) is 4.99 Å². The maximum absolute atomic E-state index is 6.01. The van der Waals surface area contributed by atoms with Gasteiger partial charge in [-0.25, -0.2) is 4.98 Å². The van der Waals surface area contributed by atoms with Gasteiger partial charge in [-0.05, 0) is 17.7 Å². The predicted molar refractivity (Wildman–Crippen MR) is 90.2 cm³/mol. The van der Waals surface area contributed by atoms with E-state index in [2.05, 4.69) is 27.4 Å². The number of nitrogens with zero attached hydrogens (tertiary/aromatic N) is 3. The van der Waals surface area contributed by atoms with Crippen LogP contribution in [0.2, 0.25) is 5.15 Å². The minimum Gasteiger partial charge on any atom is -0.368 e. The Balaban J connectivity index is 2.13. The van der Waals surface area contributed by atoms with Crippen molar-refractivity contribution in [3.05, 3.63) is 47.6 Å². The van der Waals surface area contributed by atoms with Gasteiger partial charge in [0.1, 0.15) is 11.0 Å². The van der Waals surface area contributed by atoms with Crippen LogP contribution in [0.4, 0.5) is 5.82 Å². The Hall–Kier alpha value is -2.07. The van der Waals surface area contributed by atoms with Crippen LogP contribution >= 0.6 is 11.6 Å². The smallest absolute Gasteiger partial charge is 0.135 e. The lowest BCUT2D eigenvalue weighted by Gasteiger charge is -2.15. The van der Waals surface area contributed by atoms with Crippen LogP contribution in [0.15, 0.2) is 47.5 Å². The summed E-state index contributed by atoms with van der Waals surface area (Å²) in [4.78, 5) is 10.4. The molecular weight excluding hydrogens is 284 g/mol. The minimum absolute atomic E-state index is 0.487. The zero-order valence-corrected chi connectivity index (χ0v) is 13.0. The number of hydrogen-bond acceptors (Lipinski definition) is 3. The normalized spacial score (nSPS) is 10.8. The van der Waals surface area contributed by atoms with Crippen LogP contribution in [0.25, 0.3) is 11.1 Å². The van der Waals surface area contributed by atoms with Gasteiger partial charge in [0.25, 0.3) is 0 Å². The average Bonchev–Trinajstić information content (AvgIpc) is 2.48. The largest absolute Gasteiger partial charge is 0.368 e. The first-order valence-electron chi connectivity index (χ1n) is 6.79. The average molecular weight is 303 g/mol. The highest BCUT2D eigenvalue weighted by Crippen LogP contribution is 2.27. The first kappa shape index (κ1) is 15.3. The Morgan fingerprint density at radius 2 is 2.00 bits per heavy atom. The number of anilines is 1. The third kappa shape index (κ3) is 4.46. The second kappa shape index (κ2) is 7.64. The Bertz CT molecular complexity index is 598. The lowest BCUT2D eigenvalue weighted by atomic mass is 10.1. The summed E-state index contributed by atoms with van der Waals surface area (Å²) in [5.74, 6) is 0.801. The number of rotatable bonds is 6. The van der Waals surface area contributed by atoms with E-state index in [1.54, 1.807) is 13.4 Å². The standard InChI is InChI=1S/C16H19ClN4/c1-18-12-21(2)11-10-19-16-14(8-9-15(17)20-16)13-6-4-3-5-7-13/h3-9,12H,10-11H2,1-2H3,(H,19,20). The van der Waals surface area contributed by atoms with E-state index in [1.165, 1.54) is 0 Å². The zero-order chi connectivity index (χ0) is 15.1. The van der Waals surface area contributed by atoms with Gasteiger partial charge >= 0.3 is 0 Å². The fourth-order valence-corrected chi connectivity index (χ4v) is 2.17. The summed E-state index contributed by atoms with van der Waals surface area (Å²) < 4.78 is 0. The molecule has 2 aromatic rings. The van der Waals surface area contributed by atoms with Crippen LogP contribution in [-0.2, 0) is 0 Å². The van der Waals surface area contributed by atoms with Crippen molar-refractivity contribution in [1.82, 2.24) is 9.88 Å². The monoisotopic (exact) mass is 302 g/mol. The predicted octanol–water partition coefficient (Wildman–Crippen LogP) is 3.40. The van der Waals surface area contributed by atoms with E-state index in [0.29, 0.717) is 5.15 Å². The van der Waals surface area contributed by atoms with Gasteiger partial charge in [-0.1, -0.05) is 41.9 Å². The number of aliphatic imine (C=N–C) groups is 1. The Kier molecular flexibility index (Phi) is 5.58. The molecule has 0 unspecified atom stereocenters. The fourth-order valence-electron chi connectivity index (χ4n) is 2.03. The lowest BCUT2D eigenvalue weighted by molar-refractivity contribution is 0.537. The summed E-state index contributed by atoms with van der Waals surface area (Å²) in [6.45, 7) is 1.59. The molecule has 0 aliphatic carbocycles. The molecule has 0 aliphatic rings. The molecule has 1 N–H and O–H groups in total. The van der Waals surface area contributed by atoms with Crippen molar-refractivity contribution in [2.75, 3.05) is 32.5 Å².